The van der Waals surface area contributed by atoms with E-state index in [1.807, 2.05) is 23.9 Å². The molecule has 0 spiro atoms. The van der Waals surface area contributed by atoms with Crippen molar-refractivity contribution in [1.29, 1.82) is 0 Å². The zero-order valence-electron chi connectivity index (χ0n) is 9.97. The van der Waals surface area contributed by atoms with Crippen LogP contribution < -0.4 is 5.32 Å². The minimum atomic E-state index is 0.723. The molecule has 0 unspecified atom stereocenters. The summed E-state index contributed by atoms with van der Waals surface area (Å²) in [5.41, 5.74) is 1.09. The predicted octanol–water partition coefficient (Wildman–Crippen LogP) is 3.62. The van der Waals surface area contributed by atoms with Crippen molar-refractivity contribution in [2.24, 2.45) is 0 Å². The number of rotatable bonds is 6. The average Bonchev–Trinajstić information content (AvgIpc) is 2.42. The van der Waals surface area contributed by atoms with Crippen molar-refractivity contribution in [2.75, 3.05) is 12.3 Å². The second kappa shape index (κ2) is 7.41. The minimum Gasteiger partial charge on any atom is -0.312 e. The van der Waals surface area contributed by atoms with E-state index in [2.05, 4.69) is 34.6 Å². The summed E-state index contributed by atoms with van der Waals surface area (Å²) < 4.78 is 0. The van der Waals surface area contributed by atoms with Crippen LogP contribution in [-0.4, -0.2) is 17.3 Å². The van der Waals surface area contributed by atoms with E-state index in [1.165, 1.54) is 4.90 Å². The van der Waals surface area contributed by atoms with Crippen LogP contribution in [0.3, 0.4) is 0 Å². The lowest BCUT2D eigenvalue weighted by Crippen LogP contribution is -2.16. The Balaban J connectivity index is 1.66. The molecule has 0 saturated heterocycles. The van der Waals surface area contributed by atoms with Crippen molar-refractivity contribution >= 4 is 23.4 Å². The first-order valence-electron chi connectivity index (χ1n) is 5.83. The average molecular weight is 279 g/mol. The molecule has 0 fully saturated rings. The van der Waals surface area contributed by atoms with Gasteiger partial charge in [0.15, 0.2) is 0 Å². The van der Waals surface area contributed by atoms with Crippen molar-refractivity contribution in [1.82, 2.24) is 10.3 Å². The van der Waals surface area contributed by atoms with E-state index < -0.39 is 0 Å². The fourth-order valence-electron chi connectivity index (χ4n) is 1.53. The van der Waals surface area contributed by atoms with Crippen LogP contribution in [0, 0.1) is 0 Å². The second-order valence-corrected chi connectivity index (χ2v) is 5.38. The topological polar surface area (TPSA) is 24.9 Å². The number of thioether (sulfide) groups is 1. The molecule has 2 aromatic rings. The van der Waals surface area contributed by atoms with Gasteiger partial charge in [-0.05, 0) is 23.8 Å². The molecule has 0 aliphatic heterocycles. The summed E-state index contributed by atoms with van der Waals surface area (Å²) in [6, 6.07) is 12.4. The highest BCUT2D eigenvalue weighted by molar-refractivity contribution is 7.99. The molecule has 2 rings (SSSR count). The monoisotopic (exact) mass is 278 g/mol. The molecular formula is C14H15ClN2S. The molecule has 0 bridgehead atoms. The quantitative estimate of drug-likeness (QED) is 0.645. The first-order valence-corrected chi connectivity index (χ1v) is 7.19. The molecule has 2 nitrogen and oxygen atoms in total. The lowest BCUT2D eigenvalue weighted by molar-refractivity contribution is 0.731. The van der Waals surface area contributed by atoms with Crippen LogP contribution in [0.25, 0.3) is 0 Å². The number of nitrogens with one attached hydrogen (secondary N) is 1. The maximum Gasteiger partial charge on any atom is 0.0634 e. The largest absolute Gasteiger partial charge is 0.312 e. The number of nitrogens with zero attached hydrogens (tertiary/aromatic N) is 1. The molecule has 0 amide bonds. The molecule has 0 saturated carbocycles. The van der Waals surface area contributed by atoms with E-state index in [0.29, 0.717) is 0 Å². The standard InChI is InChI=1S/C14H15ClN2S/c15-14-11-16-7-6-12(14)10-17-8-9-18-13-4-2-1-3-5-13/h1-7,11,17H,8-10H2. The van der Waals surface area contributed by atoms with Gasteiger partial charge in [0.2, 0.25) is 0 Å². The molecule has 4 heteroatoms. The minimum absolute atomic E-state index is 0.723. The number of halogens is 1. The number of benzene rings is 1. The summed E-state index contributed by atoms with van der Waals surface area (Å²) in [7, 11) is 0. The zero-order chi connectivity index (χ0) is 12.6. The molecule has 0 atom stereocenters. The van der Waals surface area contributed by atoms with Gasteiger partial charge in [-0.1, -0.05) is 29.8 Å². The van der Waals surface area contributed by atoms with E-state index in [1.54, 1.807) is 12.4 Å². The summed E-state index contributed by atoms with van der Waals surface area (Å²) >= 11 is 7.88. The van der Waals surface area contributed by atoms with Crippen LogP contribution in [-0.2, 0) is 6.54 Å². The third-order valence-corrected chi connectivity index (χ3v) is 3.82. The Labute approximate surface area is 117 Å². The van der Waals surface area contributed by atoms with Gasteiger partial charge in [0, 0.05) is 36.1 Å². The Morgan fingerprint density at radius 3 is 2.78 bits per heavy atom. The lowest BCUT2D eigenvalue weighted by Gasteiger charge is -2.06. The van der Waals surface area contributed by atoms with E-state index in [4.69, 9.17) is 11.6 Å². The highest BCUT2D eigenvalue weighted by Gasteiger charge is 1.98. The van der Waals surface area contributed by atoms with Gasteiger partial charge >= 0.3 is 0 Å². The smallest absolute Gasteiger partial charge is 0.0634 e. The van der Waals surface area contributed by atoms with Gasteiger partial charge in [0.1, 0.15) is 0 Å². The Hall–Kier alpha value is -1.03. The van der Waals surface area contributed by atoms with Gasteiger partial charge in [0.05, 0.1) is 5.02 Å². The van der Waals surface area contributed by atoms with Crippen molar-refractivity contribution < 1.29 is 0 Å². The third kappa shape index (κ3) is 4.33. The van der Waals surface area contributed by atoms with Crippen molar-refractivity contribution in [2.45, 2.75) is 11.4 Å². The van der Waals surface area contributed by atoms with E-state index in [9.17, 15) is 0 Å². The summed E-state index contributed by atoms with van der Waals surface area (Å²) in [4.78, 5) is 5.27. The molecule has 18 heavy (non-hydrogen) atoms. The van der Waals surface area contributed by atoms with Gasteiger partial charge in [-0.15, -0.1) is 11.8 Å². The van der Waals surface area contributed by atoms with Crippen LogP contribution in [0.5, 0.6) is 0 Å². The van der Waals surface area contributed by atoms with Crippen LogP contribution in [0.2, 0.25) is 5.02 Å². The Morgan fingerprint density at radius 1 is 1.17 bits per heavy atom. The van der Waals surface area contributed by atoms with Crippen LogP contribution in [0.1, 0.15) is 5.56 Å². The molecule has 1 heterocycles. The summed E-state index contributed by atoms with van der Waals surface area (Å²) in [6.07, 6.45) is 3.44. The summed E-state index contributed by atoms with van der Waals surface area (Å²) in [5.74, 6) is 1.05. The molecular weight excluding hydrogens is 264 g/mol. The van der Waals surface area contributed by atoms with Crippen molar-refractivity contribution in [3.8, 4) is 0 Å². The maximum absolute atomic E-state index is 6.03. The number of aromatic nitrogens is 1. The normalized spacial score (nSPS) is 10.5. The first kappa shape index (κ1) is 13.4. The molecule has 94 valence electrons. The van der Waals surface area contributed by atoms with Gasteiger partial charge in [-0.2, -0.15) is 0 Å². The molecule has 0 aliphatic carbocycles. The van der Waals surface area contributed by atoms with Crippen LogP contribution in [0.4, 0.5) is 0 Å². The first-order chi connectivity index (χ1) is 8.86. The Morgan fingerprint density at radius 2 is 2.00 bits per heavy atom. The fourth-order valence-corrected chi connectivity index (χ4v) is 2.55. The van der Waals surface area contributed by atoms with Gasteiger partial charge < -0.3 is 5.32 Å². The molecule has 0 aliphatic rings. The molecule has 0 radical (unpaired) electrons. The fraction of sp³-hybridized carbons (Fsp3) is 0.214. The highest BCUT2D eigenvalue weighted by Crippen LogP contribution is 2.16. The van der Waals surface area contributed by atoms with Gasteiger partial charge in [-0.25, -0.2) is 0 Å². The summed E-state index contributed by atoms with van der Waals surface area (Å²) in [5, 5.41) is 4.10. The van der Waals surface area contributed by atoms with E-state index >= 15 is 0 Å². The third-order valence-electron chi connectivity index (χ3n) is 2.46. The maximum atomic E-state index is 6.03. The van der Waals surface area contributed by atoms with Crippen molar-refractivity contribution in [3.05, 3.63) is 59.4 Å². The van der Waals surface area contributed by atoms with E-state index in [0.717, 1.165) is 29.4 Å². The predicted molar refractivity (Wildman–Crippen MR) is 78.1 cm³/mol. The SMILES string of the molecule is Clc1cnccc1CNCCSc1ccccc1. The summed E-state index contributed by atoms with van der Waals surface area (Å²) in [6.45, 7) is 1.74. The molecule has 1 aromatic carbocycles. The molecule has 1 N–H and O–H groups in total. The van der Waals surface area contributed by atoms with Crippen molar-refractivity contribution in [3.63, 3.8) is 0 Å². The Kier molecular flexibility index (Phi) is 5.52. The molecule has 1 aromatic heterocycles. The number of hydrogen-bond donors (Lipinski definition) is 1. The van der Waals surface area contributed by atoms with Gasteiger partial charge in [0.25, 0.3) is 0 Å². The van der Waals surface area contributed by atoms with E-state index in [-0.39, 0.29) is 0 Å². The Bertz CT molecular complexity index is 476. The number of hydrogen-bond acceptors (Lipinski definition) is 3. The highest BCUT2D eigenvalue weighted by atomic mass is 35.5. The second-order valence-electron chi connectivity index (χ2n) is 3.81. The van der Waals surface area contributed by atoms with Gasteiger partial charge in [-0.3, -0.25) is 4.98 Å². The van der Waals surface area contributed by atoms with Crippen LogP contribution >= 0.6 is 23.4 Å². The zero-order valence-corrected chi connectivity index (χ0v) is 11.5. The van der Waals surface area contributed by atoms with Crippen LogP contribution in [0.15, 0.2) is 53.7 Å². The lowest BCUT2D eigenvalue weighted by atomic mass is 10.3. The number of pyridine rings is 1.